The molecule has 3 rings (SSSR count). The molecular weight excluding hydrogens is 279 g/mol. The van der Waals surface area contributed by atoms with Crippen LogP contribution in [0, 0.1) is 17.1 Å². The highest BCUT2D eigenvalue weighted by Crippen LogP contribution is 2.24. The molecule has 1 aliphatic heterocycles. The Hall–Kier alpha value is -2.61. The number of hydrogen-bond acceptors (Lipinski definition) is 4. The van der Waals surface area contributed by atoms with Crippen LogP contribution in [0.15, 0.2) is 42.6 Å². The highest BCUT2D eigenvalue weighted by Gasteiger charge is 2.21. The molecule has 1 fully saturated rings. The standard InChI is InChI=1S/C17H17FN4/c18-16-5-1-2-6-17(16)22-9-3-4-15(12-22)21-14-8-7-13(10-19)20-11-14/h1-2,5-8,11,15,21H,3-4,9,12H2. The van der Waals surface area contributed by atoms with Gasteiger partial charge in [-0.05, 0) is 37.1 Å². The Labute approximate surface area is 129 Å². The zero-order valence-corrected chi connectivity index (χ0v) is 12.2. The van der Waals surface area contributed by atoms with Crippen LogP contribution in [0.2, 0.25) is 0 Å². The normalized spacial score (nSPS) is 17.8. The van der Waals surface area contributed by atoms with Crippen molar-refractivity contribution in [3.05, 3.63) is 54.1 Å². The van der Waals surface area contributed by atoms with E-state index in [0.29, 0.717) is 11.4 Å². The third-order valence-electron chi connectivity index (χ3n) is 3.86. The third-order valence-corrected chi connectivity index (χ3v) is 3.86. The Morgan fingerprint density at radius 1 is 1.27 bits per heavy atom. The van der Waals surface area contributed by atoms with Gasteiger partial charge in [0, 0.05) is 19.1 Å². The largest absolute Gasteiger partial charge is 0.379 e. The zero-order chi connectivity index (χ0) is 15.4. The predicted octanol–water partition coefficient (Wildman–Crippen LogP) is 3.17. The quantitative estimate of drug-likeness (QED) is 0.945. The minimum absolute atomic E-state index is 0.178. The first-order chi connectivity index (χ1) is 10.8. The maximum Gasteiger partial charge on any atom is 0.146 e. The lowest BCUT2D eigenvalue weighted by Gasteiger charge is -2.35. The summed E-state index contributed by atoms with van der Waals surface area (Å²) in [6.07, 6.45) is 3.71. The van der Waals surface area contributed by atoms with Gasteiger partial charge in [0.25, 0.3) is 0 Å². The number of benzene rings is 1. The summed E-state index contributed by atoms with van der Waals surface area (Å²) in [6.45, 7) is 1.62. The number of aromatic nitrogens is 1. The minimum atomic E-state index is -0.178. The summed E-state index contributed by atoms with van der Waals surface area (Å²) in [5.41, 5.74) is 1.95. The lowest BCUT2D eigenvalue weighted by Crippen LogP contribution is -2.42. The Bertz CT molecular complexity index is 678. The highest BCUT2D eigenvalue weighted by atomic mass is 19.1. The molecule has 0 bridgehead atoms. The van der Waals surface area contributed by atoms with Crippen molar-refractivity contribution in [3.8, 4) is 6.07 Å². The van der Waals surface area contributed by atoms with Gasteiger partial charge in [-0.3, -0.25) is 0 Å². The second-order valence-electron chi connectivity index (χ2n) is 5.42. The molecule has 0 spiro atoms. The molecular formula is C17H17FN4. The minimum Gasteiger partial charge on any atom is -0.379 e. The fraction of sp³-hybridized carbons (Fsp3) is 0.294. The van der Waals surface area contributed by atoms with Crippen LogP contribution in [0.4, 0.5) is 15.8 Å². The summed E-state index contributed by atoms with van der Waals surface area (Å²) in [4.78, 5) is 6.13. The Balaban J connectivity index is 1.68. The van der Waals surface area contributed by atoms with Crippen molar-refractivity contribution in [3.63, 3.8) is 0 Å². The number of nitriles is 1. The number of pyridine rings is 1. The van der Waals surface area contributed by atoms with Crippen LogP contribution in [0.1, 0.15) is 18.5 Å². The predicted molar refractivity (Wildman–Crippen MR) is 84.2 cm³/mol. The number of anilines is 2. The van der Waals surface area contributed by atoms with Gasteiger partial charge in [-0.15, -0.1) is 0 Å². The van der Waals surface area contributed by atoms with Gasteiger partial charge in [-0.25, -0.2) is 9.37 Å². The van der Waals surface area contributed by atoms with Crippen LogP contribution in [-0.2, 0) is 0 Å². The molecule has 2 aromatic rings. The molecule has 0 radical (unpaired) electrons. The van der Waals surface area contributed by atoms with Crippen LogP contribution in [0.25, 0.3) is 0 Å². The van der Waals surface area contributed by atoms with Crippen molar-refractivity contribution in [1.82, 2.24) is 4.98 Å². The molecule has 1 saturated heterocycles. The summed E-state index contributed by atoms with van der Waals surface area (Å²) >= 11 is 0. The van der Waals surface area contributed by atoms with Crippen LogP contribution < -0.4 is 10.2 Å². The van der Waals surface area contributed by atoms with Crippen LogP contribution in [0.3, 0.4) is 0 Å². The number of halogens is 1. The summed E-state index contributed by atoms with van der Waals surface area (Å²) in [5.74, 6) is -0.178. The maximum atomic E-state index is 13.9. The molecule has 1 aromatic carbocycles. The van der Waals surface area contributed by atoms with E-state index in [1.807, 2.05) is 24.3 Å². The number of nitrogens with zero attached hydrogens (tertiary/aromatic N) is 3. The van der Waals surface area contributed by atoms with Gasteiger partial charge in [0.2, 0.25) is 0 Å². The number of rotatable bonds is 3. The topological polar surface area (TPSA) is 52.0 Å². The van der Waals surface area contributed by atoms with Crippen molar-refractivity contribution in [2.45, 2.75) is 18.9 Å². The third kappa shape index (κ3) is 3.17. The van der Waals surface area contributed by atoms with Gasteiger partial charge >= 0.3 is 0 Å². The molecule has 1 atom stereocenters. The van der Waals surface area contributed by atoms with Crippen molar-refractivity contribution in [1.29, 1.82) is 5.26 Å². The monoisotopic (exact) mass is 296 g/mol. The molecule has 112 valence electrons. The molecule has 0 amide bonds. The fourth-order valence-corrected chi connectivity index (χ4v) is 2.80. The van der Waals surface area contributed by atoms with E-state index >= 15 is 0 Å². The van der Waals surface area contributed by atoms with Crippen molar-refractivity contribution < 1.29 is 4.39 Å². The number of piperidine rings is 1. The average Bonchev–Trinajstić information content (AvgIpc) is 2.56. The highest BCUT2D eigenvalue weighted by molar-refractivity contribution is 5.50. The molecule has 2 heterocycles. The van der Waals surface area contributed by atoms with E-state index in [4.69, 9.17) is 5.26 Å². The van der Waals surface area contributed by atoms with Crippen LogP contribution >= 0.6 is 0 Å². The van der Waals surface area contributed by atoms with Crippen molar-refractivity contribution in [2.24, 2.45) is 0 Å². The number of para-hydroxylation sites is 1. The molecule has 1 unspecified atom stereocenters. The summed E-state index contributed by atoms with van der Waals surface area (Å²) in [6, 6.07) is 12.7. The van der Waals surface area contributed by atoms with Gasteiger partial charge in [0.15, 0.2) is 0 Å². The van der Waals surface area contributed by atoms with Gasteiger partial charge in [-0.1, -0.05) is 12.1 Å². The van der Waals surface area contributed by atoms with Crippen molar-refractivity contribution >= 4 is 11.4 Å². The summed E-state index contributed by atoms with van der Waals surface area (Å²) in [7, 11) is 0. The van der Waals surface area contributed by atoms with E-state index in [0.717, 1.165) is 31.6 Å². The van der Waals surface area contributed by atoms with E-state index in [2.05, 4.69) is 15.2 Å². The number of nitrogens with one attached hydrogen (secondary N) is 1. The Morgan fingerprint density at radius 3 is 2.86 bits per heavy atom. The zero-order valence-electron chi connectivity index (χ0n) is 12.2. The van der Waals surface area contributed by atoms with Gasteiger partial charge in [0.1, 0.15) is 17.6 Å². The summed E-state index contributed by atoms with van der Waals surface area (Å²) < 4.78 is 13.9. The summed E-state index contributed by atoms with van der Waals surface area (Å²) in [5, 5.41) is 12.2. The number of hydrogen-bond donors (Lipinski definition) is 1. The van der Waals surface area contributed by atoms with E-state index in [1.54, 1.807) is 18.3 Å². The Kier molecular flexibility index (Phi) is 4.19. The average molecular weight is 296 g/mol. The van der Waals surface area contributed by atoms with Crippen LogP contribution in [0.5, 0.6) is 0 Å². The van der Waals surface area contributed by atoms with E-state index in [-0.39, 0.29) is 11.9 Å². The second-order valence-corrected chi connectivity index (χ2v) is 5.42. The maximum absolute atomic E-state index is 13.9. The fourth-order valence-electron chi connectivity index (χ4n) is 2.80. The Morgan fingerprint density at radius 2 is 2.14 bits per heavy atom. The van der Waals surface area contributed by atoms with Gasteiger partial charge < -0.3 is 10.2 Å². The lowest BCUT2D eigenvalue weighted by atomic mass is 10.0. The van der Waals surface area contributed by atoms with Crippen LogP contribution in [-0.4, -0.2) is 24.1 Å². The SMILES string of the molecule is N#Cc1ccc(NC2CCCN(c3ccccc3F)C2)cn1. The molecule has 0 aliphatic carbocycles. The van der Waals surface area contributed by atoms with Crippen molar-refractivity contribution in [2.75, 3.05) is 23.3 Å². The second kappa shape index (κ2) is 6.44. The van der Waals surface area contributed by atoms with E-state index < -0.39 is 0 Å². The molecule has 0 saturated carbocycles. The molecule has 5 heteroatoms. The molecule has 1 N–H and O–H groups in total. The smallest absolute Gasteiger partial charge is 0.146 e. The molecule has 22 heavy (non-hydrogen) atoms. The first kappa shape index (κ1) is 14.3. The van der Waals surface area contributed by atoms with Gasteiger partial charge in [-0.2, -0.15) is 5.26 Å². The molecule has 1 aliphatic rings. The van der Waals surface area contributed by atoms with E-state index in [9.17, 15) is 4.39 Å². The lowest BCUT2D eigenvalue weighted by molar-refractivity contribution is 0.519. The molecule has 4 nitrogen and oxygen atoms in total. The first-order valence-corrected chi connectivity index (χ1v) is 7.38. The van der Waals surface area contributed by atoms with E-state index in [1.165, 1.54) is 6.07 Å². The first-order valence-electron chi connectivity index (χ1n) is 7.38. The molecule has 1 aromatic heterocycles. The van der Waals surface area contributed by atoms with Gasteiger partial charge in [0.05, 0.1) is 17.6 Å².